The van der Waals surface area contributed by atoms with Gasteiger partial charge in [0.25, 0.3) is 0 Å². The molecule has 0 heterocycles. The van der Waals surface area contributed by atoms with Crippen molar-refractivity contribution < 1.29 is 5.11 Å². The van der Waals surface area contributed by atoms with Gasteiger partial charge in [0.05, 0.1) is 6.10 Å². The van der Waals surface area contributed by atoms with Crippen LogP contribution in [0.2, 0.25) is 0 Å². The van der Waals surface area contributed by atoms with Crippen LogP contribution in [0, 0.1) is 17.3 Å². The van der Waals surface area contributed by atoms with Crippen molar-refractivity contribution >= 4 is 0 Å². The first-order valence-electron chi connectivity index (χ1n) is 11.1. The zero-order chi connectivity index (χ0) is 17.7. The summed E-state index contributed by atoms with van der Waals surface area (Å²) in [6, 6.07) is 0. The number of aliphatic hydroxyl groups is 1. The molecule has 3 saturated carbocycles. The van der Waals surface area contributed by atoms with Crippen molar-refractivity contribution in [3.05, 3.63) is 23.3 Å². The van der Waals surface area contributed by atoms with Crippen LogP contribution in [0.1, 0.15) is 104 Å². The predicted octanol–water partition coefficient (Wildman–Crippen LogP) is 6.96. The van der Waals surface area contributed by atoms with Gasteiger partial charge >= 0.3 is 0 Å². The quantitative estimate of drug-likeness (QED) is 0.571. The van der Waals surface area contributed by atoms with E-state index in [1.165, 1.54) is 76.2 Å². The zero-order valence-corrected chi connectivity index (χ0v) is 16.7. The molecule has 0 radical (unpaired) electrons. The molecule has 142 valence electrons. The molecule has 0 unspecified atom stereocenters. The van der Waals surface area contributed by atoms with Crippen LogP contribution in [-0.4, -0.2) is 11.2 Å². The van der Waals surface area contributed by atoms with Crippen molar-refractivity contribution in [3.63, 3.8) is 0 Å². The normalized spacial score (nSPS) is 36.8. The van der Waals surface area contributed by atoms with Crippen molar-refractivity contribution in [1.82, 2.24) is 0 Å². The summed E-state index contributed by atoms with van der Waals surface area (Å²) < 4.78 is 0. The van der Waals surface area contributed by atoms with Crippen LogP contribution < -0.4 is 0 Å². The molecule has 1 N–H and O–H groups in total. The number of hydrogen-bond donors (Lipinski definition) is 1. The van der Waals surface area contributed by atoms with Crippen LogP contribution in [0.5, 0.6) is 0 Å². The molecule has 1 spiro atoms. The molecule has 25 heavy (non-hydrogen) atoms. The molecule has 3 atom stereocenters. The average Bonchev–Trinajstić information content (AvgIpc) is 2.95. The maximum atomic E-state index is 9.86. The van der Waals surface area contributed by atoms with Gasteiger partial charge in [-0.25, -0.2) is 0 Å². The highest BCUT2D eigenvalue weighted by Gasteiger charge is 2.40. The summed E-state index contributed by atoms with van der Waals surface area (Å²) in [5, 5.41) is 9.86. The van der Waals surface area contributed by atoms with Gasteiger partial charge in [-0.05, 0) is 87.9 Å². The molecular weight excluding hydrogens is 304 g/mol. The Morgan fingerprint density at radius 2 is 1.88 bits per heavy atom. The Balaban J connectivity index is 1.52. The van der Waals surface area contributed by atoms with Crippen molar-refractivity contribution in [3.8, 4) is 0 Å². The van der Waals surface area contributed by atoms with Crippen molar-refractivity contribution in [2.24, 2.45) is 17.3 Å². The van der Waals surface area contributed by atoms with Gasteiger partial charge in [-0.1, -0.05) is 56.4 Å². The minimum atomic E-state index is -0.0856. The van der Waals surface area contributed by atoms with E-state index in [9.17, 15) is 5.11 Å². The Hall–Kier alpha value is -0.560. The fourth-order valence-electron chi connectivity index (χ4n) is 5.73. The third-order valence-corrected chi connectivity index (χ3v) is 7.09. The summed E-state index contributed by atoms with van der Waals surface area (Å²) in [5.41, 5.74) is 3.82. The fraction of sp³-hybridized carbons (Fsp3) is 0.833. The molecule has 0 aromatic carbocycles. The third kappa shape index (κ3) is 5.71. The second kappa shape index (κ2) is 8.89. The first kappa shape index (κ1) is 19.2. The van der Waals surface area contributed by atoms with Gasteiger partial charge in [0.2, 0.25) is 0 Å². The van der Waals surface area contributed by atoms with E-state index >= 15 is 0 Å². The van der Waals surface area contributed by atoms with E-state index in [2.05, 4.69) is 26.0 Å². The molecule has 1 heteroatoms. The monoisotopic (exact) mass is 344 g/mol. The van der Waals surface area contributed by atoms with E-state index in [0.717, 1.165) is 31.1 Å². The Labute approximate surface area is 156 Å². The van der Waals surface area contributed by atoms with E-state index in [0.29, 0.717) is 5.41 Å². The van der Waals surface area contributed by atoms with Gasteiger partial charge in [-0.15, -0.1) is 0 Å². The van der Waals surface area contributed by atoms with Crippen LogP contribution in [0.4, 0.5) is 0 Å². The summed E-state index contributed by atoms with van der Waals surface area (Å²) in [7, 11) is 0. The van der Waals surface area contributed by atoms with E-state index in [4.69, 9.17) is 0 Å². The lowest BCUT2D eigenvalue weighted by atomic mass is 9.70. The van der Waals surface area contributed by atoms with E-state index in [-0.39, 0.29) is 6.10 Å². The molecule has 3 aliphatic carbocycles. The number of aliphatic hydroxyl groups excluding tert-OH is 1. The second-order valence-electron chi connectivity index (χ2n) is 9.86. The Morgan fingerprint density at radius 1 is 1.08 bits per heavy atom. The van der Waals surface area contributed by atoms with Crippen LogP contribution in [0.25, 0.3) is 0 Å². The van der Waals surface area contributed by atoms with Gasteiger partial charge in [0.1, 0.15) is 0 Å². The lowest BCUT2D eigenvalue weighted by Gasteiger charge is -2.35. The molecule has 1 nitrogen and oxygen atoms in total. The standard InChI is InChI=1S/C24H40O/c1-19(2)6-3-8-22-13-15-24(18-22)14-5-9-21(17-24)12-11-20-7-4-10-23(25)16-20/h11-12,19,22-23,25H,3-10,13-18H2,1-2H3/b20-11+,21-12-/t22-,23-,24-/m0/s1. The third-order valence-electron chi connectivity index (χ3n) is 7.09. The molecule has 0 aromatic rings. The SMILES string of the molecule is CC(C)CCC[C@H]1CC[C@]2(CCC/C(=C/C=C3\CCC[C@H](O)C3)C2)C1. The van der Waals surface area contributed by atoms with Gasteiger partial charge in [-0.2, -0.15) is 0 Å². The molecule has 0 amide bonds. The summed E-state index contributed by atoms with van der Waals surface area (Å²) in [5.74, 6) is 1.87. The topological polar surface area (TPSA) is 20.2 Å². The smallest absolute Gasteiger partial charge is 0.0577 e. The summed E-state index contributed by atoms with van der Waals surface area (Å²) in [6.45, 7) is 4.71. The molecule has 0 aliphatic heterocycles. The predicted molar refractivity (Wildman–Crippen MR) is 108 cm³/mol. The maximum Gasteiger partial charge on any atom is 0.0577 e. The Morgan fingerprint density at radius 3 is 2.68 bits per heavy atom. The Kier molecular flexibility index (Phi) is 6.83. The zero-order valence-electron chi connectivity index (χ0n) is 16.7. The van der Waals surface area contributed by atoms with Crippen molar-refractivity contribution in [2.75, 3.05) is 0 Å². The summed E-state index contributed by atoms with van der Waals surface area (Å²) in [4.78, 5) is 0. The lowest BCUT2D eigenvalue weighted by Crippen LogP contribution is -2.22. The van der Waals surface area contributed by atoms with Crippen molar-refractivity contribution in [2.45, 2.75) is 110 Å². The van der Waals surface area contributed by atoms with Gasteiger partial charge in [0, 0.05) is 0 Å². The minimum Gasteiger partial charge on any atom is -0.393 e. The number of hydrogen-bond acceptors (Lipinski definition) is 1. The second-order valence-corrected chi connectivity index (χ2v) is 9.86. The lowest BCUT2D eigenvalue weighted by molar-refractivity contribution is 0.149. The molecule has 3 rings (SSSR count). The van der Waals surface area contributed by atoms with Gasteiger partial charge < -0.3 is 5.11 Å². The molecule has 0 aromatic heterocycles. The number of rotatable bonds is 5. The highest BCUT2D eigenvalue weighted by molar-refractivity contribution is 5.22. The van der Waals surface area contributed by atoms with Gasteiger partial charge in [0.15, 0.2) is 0 Å². The summed E-state index contributed by atoms with van der Waals surface area (Å²) in [6.07, 6.45) is 23.3. The minimum absolute atomic E-state index is 0.0856. The van der Waals surface area contributed by atoms with Crippen LogP contribution in [0.3, 0.4) is 0 Å². The fourth-order valence-corrected chi connectivity index (χ4v) is 5.73. The first-order valence-corrected chi connectivity index (χ1v) is 11.1. The van der Waals surface area contributed by atoms with Gasteiger partial charge in [-0.3, -0.25) is 0 Å². The highest BCUT2D eigenvalue weighted by atomic mass is 16.3. The van der Waals surface area contributed by atoms with Crippen LogP contribution in [0.15, 0.2) is 23.3 Å². The maximum absolute atomic E-state index is 9.86. The van der Waals surface area contributed by atoms with Crippen LogP contribution >= 0.6 is 0 Å². The van der Waals surface area contributed by atoms with E-state index in [1.54, 1.807) is 5.57 Å². The van der Waals surface area contributed by atoms with Crippen molar-refractivity contribution in [1.29, 1.82) is 0 Å². The Bertz CT molecular complexity index is 486. The number of allylic oxidation sites excluding steroid dienone is 3. The molecule has 0 bridgehead atoms. The summed E-state index contributed by atoms with van der Waals surface area (Å²) >= 11 is 0. The molecule has 3 fully saturated rings. The first-order chi connectivity index (χ1) is 12.0. The highest BCUT2D eigenvalue weighted by Crippen LogP contribution is 2.53. The molecule has 3 aliphatic rings. The largest absolute Gasteiger partial charge is 0.393 e. The van der Waals surface area contributed by atoms with Crippen LogP contribution in [-0.2, 0) is 0 Å². The van der Waals surface area contributed by atoms with E-state index in [1.807, 2.05) is 0 Å². The molecular formula is C24H40O. The molecule has 0 saturated heterocycles. The van der Waals surface area contributed by atoms with E-state index < -0.39 is 0 Å². The average molecular weight is 345 g/mol.